The van der Waals surface area contributed by atoms with E-state index in [1.54, 1.807) is 31.1 Å². The molecule has 0 saturated carbocycles. The summed E-state index contributed by atoms with van der Waals surface area (Å²) in [5.74, 6) is 0.769. The Kier molecular flexibility index (Phi) is 5.57. The molecule has 0 bridgehead atoms. The van der Waals surface area contributed by atoms with Crippen LogP contribution in [-0.2, 0) is 4.74 Å². The van der Waals surface area contributed by atoms with Crippen LogP contribution in [0.15, 0.2) is 58.8 Å². The SMILES string of the molecule is C=CC(=N/C=C(\C)OC)c1ccc(SC)cc1. The lowest BCUT2D eigenvalue weighted by atomic mass is 10.1. The number of hydrogen-bond acceptors (Lipinski definition) is 3. The molecule has 2 nitrogen and oxygen atoms in total. The monoisotopic (exact) mass is 247 g/mol. The van der Waals surface area contributed by atoms with Crippen LogP contribution in [0.4, 0.5) is 0 Å². The van der Waals surface area contributed by atoms with Crippen LogP contribution in [0.5, 0.6) is 0 Å². The van der Waals surface area contributed by atoms with Crippen molar-refractivity contribution in [3.05, 3.63) is 54.4 Å². The lowest BCUT2D eigenvalue weighted by Gasteiger charge is -2.02. The molecule has 0 fully saturated rings. The maximum Gasteiger partial charge on any atom is 0.111 e. The highest BCUT2D eigenvalue weighted by Gasteiger charge is 1.98. The number of ether oxygens (including phenoxy) is 1. The van der Waals surface area contributed by atoms with E-state index in [2.05, 4.69) is 30.0 Å². The van der Waals surface area contributed by atoms with Crippen molar-refractivity contribution in [2.24, 2.45) is 4.99 Å². The summed E-state index contributed by atoms with van der Waals surface area (Å²) >= 11 is 1.72. The Bertz CT molecular complexity index is 432. The number of methoxy groups -OCH3 is 1. The molecule has 3 heteroatoms. The second-order valence-electron chi connectivity index (χ2n) is 3.39. The summed E-state index contributed by atoms with van der Waals surface area (Å²) in [6.45, 7) is 5.64. The molecule has 0 aliphatic heterocycles. The zero-order chi connectivity index (χ0) is 12.7. The van der Waals surface area contributed by atoms with Crippen LogP contribution >= 0.6 is 11.8 Å². The predicted octanol–water partition coefficient (Wildman–Crippen LogP) is 3.89. The minimum absolute atomic E-state index is 0.769. The summed E-state index contributed by atoms with van der Waals surface area (Å²) in [5, 5.41) is 0. The Morgan fingerprint density at radius 3 is 2.47 bits per heavy atom. The Hall–Kier alpha value is -1.48. The van der Waals surface area contributed by atoms with Crippen molar-refractivity contribution in [3.63, 3.8) is 0 Å². The first-order valence-corrected chi connectivity index (χ1v) is 6.49. The summed E-state index contributed by atoms with van der Waals surface area (Å²) in [7, 11) is 1.63. The van der Waals surface area contributed by atoms with Gasteiger partial charge < -0.3 is 4.74 Å². The average molecular weight is 247 g/mol. The van der Waals surface area contributed by atoms with Crippen molar-refractivity contribution in [2.45, 2.75) is 11.8 Å². The molecule has 1 rings (SSSR count). The van der Waals surface area contributed by atoms with Crippen LogP contribution in [0.3, 0.4) is 0 Å². The van der Waals surface area contributed by atoms with E-state index in [1.807, 2.05) is 19.1 Å². The molecular formula is C14H17NOS. The first kappa shape index (κ1) is 13.6. The predicted molar refractivity (Wildman–Crippen MR) is 75.7 cm³/mol. The van der Waals surface area contributed by atoms with E-state index in [0.29, 0.717) is 0 Å². The Labute approximate surface area is 107 Å². The van der Waals surface area contributed by atoms with Gasteiger partial charge in [-0.15, -0.1) is 11.8 Å². The molecule has 0 spiro atoms. The van der Waals surface area contributed by atoms with Crippen molar-refractivity contribution < 1.29 is 4.74 Å². The smallest absolute Gasteiger partial charge is 0.111 e. The first-order chi connectivity index (χ1) is 8.21. The third kappa shape index (κ3) is 4.11. The van der Waals surface area contributed by atoms with E-state index >= 15 is 0 Å². The summed E-state index contributed by atoms with van der Waals surface area (Å²) in [4.78, 5) is 5.58. The maximum absolute atomic E-state index is 5.03. The number of benzene rings is 1. The Balaban J connectivity index is 2.97. The minimum atomic E-state index is 0.769. The van der Waals surface area contributed by atoms with Gasteiger partial charge in [0.1, 0.15) is 5.76 Å². The number of allylic oxidation sites excluding steroid dienone is 2. The second kappa shape index (κ2) is 6.97. The van der Waals surface area contributed by atoms with Gasteiger partial charge in [-0.3, -0.25) is 4.99 Å². The summed E-state index contributed by atoms with van der Waals surface area (Å²) < 4.78 is 5.03. The van der Waals surface area contributed by atoms with E-state index in [4.69, 9.17) is 4.74 Å². The van der Waals surface area contributed by atoms with Crippen molar-refractivity contribution in [3.8, 4) is 0 Å². The zero-order valence-electron chi connectivity index (χ0n) is 10.4. The van der Waals surface area contributed by atoms with Gasteiger partial charge in [0.15, 0.2) is 0 Å². The molecule has 1 aromatic carbocycles. The van der Waals surface area contributed by atoms with Gasteiger partial charge in [0.05, 0.1) is 19.0 Å². The summed E-state index contributed by atoms with van der Waals surface area (Å²) in [5.41, 5.74) is 1.90. The molecule has 0 aromatic heterocycles. The molecule has 0 radical (unpaired) electrons. The highest BCUT2D eigenvalue weighted by atomic mass is 32.2. The van der Waals surface area contributed by atoms with Crippen molar-refractivity contribution in [1.29, 1.82) is 0 Å². The van der Waals surface area contributed by atoms with Gasteiger partial charge in [0, 0.05) is 10.5 Å². The fourth-order valence-electron chi connectivity index (χ4n) is 1.22. The molecule has 0 aliphatic carbocycles. The van der Waals surface area contributed by atoms with Gasteiger partial charge in [-0.2, -0.15) is 0 Å². The Morgan fingerprint density at radius 2 is 2.00 bits per heavy atom. The third-order valence-corrected chi connectivity index (χ3v) is 3.03. The topological polar surface area (TPSA) is 21.6 Å². The molecule has 90 valence electrons. The molecule has 0 amide bonds. The highest BCUT2D eigenvalue weighted by Crippen LogP contribution is 2.15. The van der Waals surface area contributed by atoms with Crippen molar-refractivity contribution in [1.82, 2.24) is 0 Å². The van der Waals surface area contributed by atoms with Gasteiger partial charge in [0.2, 0.25) is 0 Å². The van der Waals surface area contributed by atoms with E-state index in [1.165, 1.54) is 4.90 Å². The van der Waals surface area contributed by atoms with Crippen LogP contribution in [0, 0.1) is 0 Å². The van der Waals surface area contributed by atoms with Gasteiger partial charge in [0.25, 0.3) is 0 Å². The molecule has 0 unspecified atom stereocenters. The standard InChI is InChI=1S/C14H17NOS/c1-5-14(15-10-11(2)16-3)12-6-8-13(17-4)9-7-12/h5-10H,1H2,2-4H3/b11-10+,15-14?. The quantitative estimate of drug-likeness (QED) is 0.447. The normalized spacial score (nSPS) is 12.4. The van der Waals surface area contributed by atoms with Crippen LogP contribution in [0.2, 0.25) is 0 Å². The van der Waals surface area contributed by atoms with E-state index in [0.717, 1.165) is 17.0 Å². The van der Waals surface area contributed by atoms with Crippen molar-refractivity contribution in [2.75, 3.05) is 13.4 Å². The maximum atomic E-state index is 5.03. The fourth-order valence-corrected chi connectivity index (χ4v) is 1.63. The van der Waals surface area contributed by atoms with E-state index in [9.17, 15) is 0 Å². The molecule has 0 heterocycles. The lowest BCUT2D eigenvalue weighted by molar-refractivity contribution is 0.292. The highest BCUT2D eigenvalue weighted by molar-refractivity contribution is 7.98. The molecule has 1 aromatic rings. The zero-order valence-corrected chi connectivity index (χ0v) is 11.3. The fraction of sp³-hybridized carbons (Fsp3) is 0.214. The van der Waals surface area contributed by atoms with Crippen LogP contribution in [0.1, 0.15) is 12.5 Å². The largest absolute Gasteiger partial charge is 0.500 e. The number of rotatable bonds is 5. The minimum Gasteiger partial charge on any atom is -0.500 e. The number of hydrogen-bond donors (Lipinski definition) is 0. The third-order valence-electron chi connectivity index (χ3n) is 2.29. The van der Waals surface area contributed by atoms with Gasteiger partial charge >= 0.3 is 0 Å². The Morgan fingerprint density at radius 1 is 1.35 bits per heavy atom. The molecular weight excluding hydrogens is 230 g/mol. The number of nitrogens with zero attached hydrogens (tertiary/aromatic N) is 1. The van der Waals surface area contributed by atoms with E-state index in [-0.39, 0.29) is 0 Å². The van der Waals surface area contributed by atoms with Crippen LogP contribution < -0.4 is 0 Å². The number of aliphatic imine (C=N–C) groups is 1. The second-order valence-corrected chi connectivity index (χ2v) is 4.27. The first-order valence-electron chi connectivity index (χ1n) is 5.26. The van der Waals surface area contributed by atoms with Crippen LogP contribution in [0.25, 0.3) is 0 Å². The molecule has 0 N–H and O–H groups in total. The molecule has 0 atom stereocenters. The average Bonchev–Trinajstić information content (AvgIpc) is 2.39. The van der Waals surface area contributed by atoms with Gasteiger partial charge in [-0.25, -0.2) is 0 Å². The van der Waals surface area contributed by atoms with Gasteiger partial charge in [-0.1, -0.05) is 18.7 Å². The van der Waals surface area contributed by atoms with Crippen LogP contribution in [-0.4, -0.2) is 19.1 Å². The summed E-state index contributed by atoms with van der Waals surface area (Å²) in [6, 6.07) is 8.24. The van der Waals surface area contributed by atoms with E-state index < -0.39 is 0 Å². The molecule has 0 saturated heterocycles. The molecule has 0 aliphatic rings. The molecule has 17 heavy (non-hydrogen) atoms. The summed E-state index contributed by atoms with van der Waals surface area (Å²) in [6.07, 6.45) is 5.50. The lowest BCUT2D eigenvalue weighted by Crippen LogP contribution is -1.95. The van der Waals surface area contributed by atoms with Crippen molar-refractivity contribution >= 4 is 17.5 Å². The van der Waals surface area contributed by atoms with Gasteiger partial charge in [-0.05, 0) is 31.4 Å². The number of thioether (sulfide) groups is 1.